The molecular formula is C13H22N5+. The number of nitrogens with zero attached hydrogens (tertiary/aromatic N) is 3. The van der Waals surface area contributed by atoms with E-state index in [1.54, 1.807) is 0 Å². The summed E-state index contributed by atoms with van der Waals surface area (Å²) in [5.41, 5.74) is 7.98. The molecule has 0 fully saturated rings. The first-order chi connectivity index (χ1) is 8.51. The number of aromatic nitrogens is 2. The normalized spacial score (nSPS) is 12.0. The minimum Gasteiger partial charge on any atom is -0.363 e. The van der Waals surface area contributed by atoms with Crippen LogP contribution in [0.25, 0.3) is 5.52 Å². The minimum absolute atomic E-state index is 0.500. The molecule has 0 saturated carbocycles. The molecule has 0 aliphatic carbocycles. The summed E-state index contributed by atoms with van der Waals surface area (Å²) in [5.74, 6) is 0.900. The Labute approximate surface area is 108 Å². The van der Waals surface area contributed by atoms with E-state index in [-0.39, 0.29) is 0 Å². The molecule has 0 atom stereocenters. The van der Waals surface area contributed by atoms with Gasteiger partial charge in [0.05, 0.1) is 39.7 Å². The molecule has 0 unspecified atom stereocenters. The Balaban J connectivity index is 2.17. The van der Waals surface area contributed by atoms with Gasteiger partial charge in [0.25, 0.3) is 0 Å². The third kappa shape index (κ3) is 2.80. The maximum Gasteiger partial charge on any atom is 0.153 e. The number of anilines is 1. The van der Waals surface area contributed by atoms with E-state index in [0.717, 1.165) is 34.5 Å². The Kier molecular flexibility index (Phi) is 3.54. The molecule has 0 spiro atoms. The van der Waals surface area contributed by atoms with Gasteiger partial charge in [0.2, 0.25) is 0 Å². The number of nitrogens with two attached hydrogens (primary N) is 1. The number of hydrogen-bond donors (Lipinski definition) is 2. The molecule has 98 valence electrons. The number of nitrogens with one attached hydrogen (secondary N) is 1. The van der Waals surface area contributed by atoms with Crippen molar-refractivity contribution in [1.29, 1.82) is 0 Å². The van der Waals surface area contributed by atoms with Crippen molar-refractivity contribution in [2.75, 3.05) is 39.5 Å². The highest BCUT2D eigenvalue weighted by Crippen LogP contribution is 2.19. The van der Waals surface area contributed by atoms with Gasteiger partial charge in [0.1, 0.15) is 0 Å². The molecule has 0 aliphatic rings. The van der Waals surface area contributed by atoms with E-state index in [9.17, 15) is 0 Å². The molecule has 2 aromatic heterocycles. The van der Waals surface area contributed by atoms with Gasteiger partial charge in [-0.3, -0.25) is 0 Å². The Morgan fingerprint density at radius 3 is 2.78 bits per heavy atom. The second-order valence-corrected chi connectivity index (χ2v) is 5.50. The van der Waals surface area contributed by atoms with Crippen LogP contribution in [0.4, 0.5) is 5.82 Å². The van der Waals surface area contributed by atoms with Crippen molar-refractivity contribution in [3.63, 3.8) is 0 Å². The zero-order valence-corrected chi connectivity index (χ0v) is 11.3. The summed E-state index contributed by atoms with van der Waals surface area (Å²) in [5, 5.41) is 7.90. The van der Waals surface area contributed by atoms with Crippen molar-refractivity contribution in [3.05, 3.63) is 30.0 Å². The largest absolute Gasteiger partial charge is 0.363 e. The average Bonchev–Trinajstić information content (AvgIpc) is 2.64. The first kappa shape index (κ1) is 12.9. The lowest BCUT2D eigenvalue weighted by Gasteiger charge is -2.23. The lowest BCUT2D eigenvalue weighted by molar-refractivity contribution is -0.868. The number of rotatable bonds is 5. The maximum atomic E-state index is 5.82. The molecule has 0 amide bonds. The Morgan fingerprint density at radius 1 is 1.33 bits per heavy atom. The van der Waals surface area contributed by atoms with E-state index in [4.69, 9.17) is 5.73 Å². The first-order valence-electron chi connectivity index (χ1n) is 6.22. The highest BCUT2D eigenvalue weighted by atomic mass is 15.3. The third-order valence-corrected chi connectivity index (χ3v) is 2.92. The SMILES string of the molecule is C[N+](C)(C)CCNc1nn2ccccc2c1CN. The van der Waals surface area contributed by atoms with Crippen LogP contribution < -0.4 is 11.1 Å². The molecule has 0 radical (unpaired) electrons. The number of quaternary nitrogens is 1. The van der Waals surface area contributed by atoms with Gasteiger partial charge in [0.15, 0.2) is 5.82 Å². The predicted octanol–water partition coefficient (Wildman–Crippen LogP) is 0.911. The summed E-state index contributed by atoms with van der Waals surface area (Å²) in [7, 11) is 6.53. The second-order valence-electron chi connectivity index (χ2n) is 5.50. The van der Waals surface area contributed by atoms with Gasteiger partial charge in [0, 0.05) is 18.3 Å². The first-order valence-corrected chi connectivity index (χ1v) is 6.22. The van der Waals surface area contributed by atoms with Crippen LogP contribution in [0.1, 0.15) is 5.56 Å². The molecule has 0 aliphatic heterocycles. The maximum absolute atomic E-state index is 5.82. The molecule has 3 N–H and O–H groups in total. The van der Waals surface area contributed by atoms with Crippen LogP contribution in [-0.2, 0) is 6.54 Å². The number of hydrogen-bond acceptors (Lipinski definition) is 3. The number of pyridine rings is 1. The fourth-order valence-corrected chi connectivity index (χ4v) is 1.90. The standard InChI is InChI=1S/C13H22N5/c1-18(2,3)9-7-15-13-11(10-14)12-6-4-5-8-17(12)16-13/h4-6,8H,7,9-10,14H2,1-3H3,(H,15,16)/q+1. The van der Waals surface area contributed by atoms with Crippen LogP contribution in [0.15, 0.2) is 24.4 Å². The van der Waals surface area contributed by atoms with Crippen molar-refractivity contribution >= 4 is 11.3 Å². The zero-order chi connectivity index (χ0) is 13.2. The molecule has 5 nitrogen and oxygen atoms in total. The van der Waals surface area contributed by atoms with Crippen molar-refractivity contribution in [1.82, 2.24) is 9.61 Å². The number of likely N-dealkylation sites (N-methyl/N-ethyl adjacent to an activating group) is 1. The molecule has 0 bridgehead atoms. The van der Waals surface area contributed by atoms with Crippen molar-refractivity contribution in [3.8, 4) is 0 Å². The summed E-state index contributed by atoms with van der Waals surface area (Å²) < 4.78 is 2.80. The zero-order valence-electron chi connectivity index (χ0n) is 11.3. The number of fused-ring (bicyclic) bond motifs is 1. The molecule has 18 heavy (non-hydrogen) atoms. The van der Waals surface area contributed by atoms with Gasteiger partial charge in [-0.05, 0) is 12.1 Å². The van der Waals surface area contributed by atoms with Crippen molar-refractivity contribution in [2.45, 2.75) is 6.54 Å². The molecule has 2 heterocycles. The van der Waals surface area contributed by atoms with E-state index in [0.29, 0.717) is 6.54 Å². The highest BCUT2D eigenvalue weighted by molar-refractivity contribution is 5.65. The molecule has 2 aromatic rings. The molecular weight excluding hydrogens is 226 g/mol. The molecule has 5 heteroatoms. The summed E-state index contributed by atoms with van der Waals surface area (Å²) in [6.07, 6.45) is 1.94. The monoisotopic (exact) mass is 248 g/mol. The summed E-state index contributed by atoms with van der Waals surface area (Å²) in [6.45, 7) is 2.43. The van der Waals surface area contributed by atoms with E-state index in [2.05, 4.69) is 31.6 Å². The average molecular weight is 248 g/mol. The van der Waals surface area contributed by atoms with E-state index < -0.39 is 0 Å². The lowest BCUT2D eigenvalue weighted by Crippen LogP contribution is -2.38. The summed E-state index contributed by atoms with van der Waals surface area (Å²) in [4.78, 5) is 0. The molecule has 2 rings (SSSR count). The van der Waals surface area contributed by atoms with Crippen molar-refractivity contribution in [2.24, 2.45) is 5.73 Å². The third-order valence-electron chi connectivity index (χ3n) is 2.92. The van der Waals surface area contributed by atoms with Crippen LogP contribution in [0.3, 0.4) is 0 Å². The lowest BCUT2D eigenvalue weighted by atomic mass is 10.2. The van der Waals surface area contributed by atoms with E-state index >= 15 is 0 Å². The fourth-order valence-electron chi connectivity index (χ4n) is 1.90. The smallest absolute Gasteiger partial charge is 0.153 e. The van der Waals surface area contributed by atoms with Gasteiger partial charge in [-0.2, -0.15) is 5.10 Å². The Bertz CT molecular complexity index is 524. The van der Waals surface area contributed by atoms with Crippen LogP contribution in [-0.4, -0.2) is 48.3 Å². The topological polar surface area (TPSA) is 55.4 Å². The van der Waals surface area contributed by atoms with Gasteiger partial charge in [-0.1, -0.05) is 6.07 Å². The van der Waals surface area contributed by atoms with Gasteiger partial charge < -0.3 is 15.5 Å². The van der Waals surface area contributed by atoms with Gasteiger partial charge >= 0.3 is 0 Å². The Hall–Kier alpha value is -1.59. The highest BCUT2D eigenvalue weighted by Gasteiger charge is 2.12. The van der Waals surface area contributed by atoms with Gasteiger partial charge in [-0.25, -0.2) is 4.52 Å². The van der Waals surface area contributed by atoms with Crippen molar-refractivity contribution < 1.29 is 4.48 Å². The van der Waals surface area contributed by atoms with E-state index in [1.165, 1.54) is 0 Å². The van der Waals surface area contributed by atoms with E-state index in [1.807, 2.05) is 28.9 Å². The predicted molar refractivity (Wildman–Crippen MR) is 74.5 cm³/mol. The quantitative estimate of drug-likeness (QED) is 0.773. The molecule has 0 saturated heterocycles. The van der Waals surface area contributed by atoms with Crippen LogP contribution in [0.2, 0.25) is 0 Å². The fraction of sp³-hybridized carbons (Fsp3) is 0.462. The van der Waals surface area contributed by atoms with Crippen LogP contribution in [0, 0.1) is 0 Å². The summed E-state index contributed by atoms with van der Waals surface area (Å²) >= 11 is 0. The van der Waals surface area contributed by atoms with Gasteiger partial charge in [-0.15, -0.1) is 0 Å². The Morgan fingerprint density at radius 2 is 2.11 bits per heavy atom. The minimum atomic E-state index is 0.500. The van der Waals surface area contributed by atoms with Crippen LogP contribution >= 0.6 is 0 Å². The second kappa shape index (κ2) is 4.96. The molecule has 0 aromatic carbocycles. The van der Waals surface area contributed by atoms with Crippen LogP contribution in [0.5, 0.6) is 0 Å². The summed E-state index contributed by atoms with van der Waals surface area (Å²) in [6, 6.07) is 6.02.